The van der Waals surface area contributed by atoms with E-state index in [1.165, 1.54) is 13.8 Å². The van der Waals surface area contributed by atoms with Gasteiger partial charge in [-0.05, 0) is 33.1 Å². The maximum absolute atomic E-state index is 12.2. The molecule has 0 aliphatic heterocycles. The molecule has 0 amide bonds. The molecule has 2 rings (SSSR count). The third-order valence-electron chi connectivity index (χ3n) is 3.56. The summed E-state index contributed by atoms with van der Waals surface area (Å²) in [5, 5.41) is 19.0. The number of hydrogen-bond acceptors (Lipinski definition) is 5. The van der Waals surface area contributed by atoms with E-state index in [2.05, 4.69) is 4.72 Å². The first-order valence-corrected chi connectivity index (χ1v) is 7.70. The fourth-order valence-corrected chi connectivity index (χ4v) is 3.82. The standard InChI is InChI=1S/C12H17NO6S/c1-7-9(11(14)15)10(8(2)19-7)20(17,18)13-6-12(16)4-3-5-12/h13,16H,3-6H2,1-2H3,(H,14,15). The molecule has 0 radical (unpaired) electrons. The van der Waals surface area contributed by atoms with Crippen molar-refractivity contribution in [2.75, 3.05) is 6.54 Å². The van der Waals surface area contributed by atoms with Crippen molar-refractivity contribution >= 4 is 16.0 Å². The van der Waals surface area contributed by atoms with Crippen LogP contribution in [0, 0.1) is 13.8 Å². The summed E-state index contributed by atoms with van der Waals surface area (Å²) in [6, 6.07) is 0. The summed E-state index contributed by atoms with van der Waals surface area (Å²) in [4.78, 5) is 10.8. The van der Waals surface area contributed by atoms with Gasteiger partial charge in [0.2, 0.25) is 10.0 Å². The predicted molar refractivity (Wildman–Crippen MR) is 69.1 cm³/mol. The third-order valence-corrected chi connectivity index (χ3v) is 5.12. The highest BCUT2D eigenvalue weighted by Gasteiger charge is 2.37. The Hall–Kier alpha value is -1.38. The van der Waals surface area contributed by atoms with Gasteiger partial charge in [-0.25, -0.2) is 17.9 Å². The van der Waals surface area contributed by atoms with Gasteiger partial charge in [-0.15, -0.1) is 0 Å². The Labute approximate surface area is 116 Å². The van der Waals surface area contributed by atoms with E-state index >= 15 is 0 Å². The van der Waals surface area contributed by atoms with Crippen LogP contribution in [-0.2, 0) is 10.0 Å². The molecule has 0 atom stereocenters. The molecule has 1 aliphatic rings. The average molecular weight is 303 g/mol. The number of furan rings is 1. The normalized spacial score (nSPS) is 17.8. The van der Waals surface area contributed by atoms with Gasteiger partial charge < -0.3 is 14.6 Å². The summed E-state index contributed by atoms with van der Waals surface area (Å²) in [5.74, 6) is -1.30. The third kappa shape index (κ3) is 2.58. The van der Waals surface area contributed by atoms with Crippen molar-refractivity contribution in [3.8, 4) is 0 Å². The van der Waals surface area contributed by atoms with Crippen molar-refractivity contribution in [3.63, 3.8) is 0 Å². The first kappa shape index (κ1) is 15.0. The van der Waals surface area contributed by atoms with Crippen molar-refractivity contribution in [1.82, 2.24) is 4.72 Å². The zero-order chi connectivity index (χ0) is 15.1. The summed E-state index contributed by atoms with van der Waals surface area (Å²) < 4.78 is 31.8. The Bertz CT molecular complexity index is 641. The van der Waals surface area contributed by atoms with E-state index in [1.54, 1.807) is 0 Å². The van der Waals surface area contributed by atoms with Crippen LogP contribution in [0.2, 0.25) is 0 Å². The van der Waals surface area contributed by atoms with E-state index in [0.29, 0.717) is 12.8 Å². The molecule has 0 spiro atoms. The molecule has 1 aromatic rings. The molecule has 0 bridgehead atoms. The van der Waals surface area contributed by atoms with E-state index in [0.717, 1.165) is 6.42 Å². The lowest BCUT2D eigenvalue weighted by Crippen LogP contribution is -2.47. The van der Waals surface area contributed by atoms with Gasteiger partial charge >= 0.3 is 5.97 Å². The van der Waals surface area contributed by atoms with Crippen LogP contribution in [0.1, 0.15) is 41.1 Å². The molecule has 1 heterocycles. The van der Waals surface area contributed by atoms with E-state index in [1.807, 2.05) is 0 Å². The molecule has 1 saturated carbocycles. The number of aliphatic hydroxyl groups is 1. The minimum Gasteiger partial charge on any atom is -0.478 e. The molecule has 112 valence electrons. The second-order valence-corrected chi connectivity index (χ2v) is 6.83. The van der Waals surface area contributed by atoms with Crippen LogP contribution >= 0.6 is 0 Å². The topological polar surface area (TPSA) is 117 Å². The summed E-state index contributed by atoms with van der Waals surface area (Å²) >= 11 is 0. The lowest BCUT2D eigenvalue weighted by atomic mass is 9.81. The SMILES string of the molecule is Cc1oc(C)c(S(=O)(=O)NCC2(O)CCC2)c1C(=O)O. The fourth-order valence-electron chi connectivity index (χ4n) is 2.30. The Balaban J connectivity index is 2.32. The number of nitrogens with one attached hydrogen (secondary N) is 1. The van der Waals surface area contributed by atoms with Crippen molar-refractivity contribution in [2.45, 2.75) is 43.6 Å². The number of aryl methyl sites for hydroxylation is 2. The molecule has 7 nitrogen and oxygen atoms in total. The Morgan fingerprint density at radius 1 is 1.35 bits per heavy atom. The maximum atomic E-state index is 12.2. The Morgan fingerprint density at radius 2 is 1.95 bits per heavy atom. The van der Waals surface area contributed by atoms with E-state index in [-0.39, 0.29) is 28.5 Å². The monoisotopic (exact) mass is 303 g/mol. The highest BCUT2D eigenvalue weighted by molar-refractivity contribution is 7.89. The van der Waals surface area contributed by atoms with Gasteiger partial charge in [0.15, 0.2) is 0 Å². The average Bonchev–Trinajstić information content (AvgIpc) is 2.60. The minimum atomic E-state index is -4.04. The smallest absolute Gasteiger partial charge is 0.340 e. The van der Waals surface area contributed by atoms with Crippen molar-refractivity contribution < 1.29 is 27.8 Å². The largest absolute Gasteiger partial charge is 0.478 e. The lowest BCUT2D eigenvalue weighted by Gasteiger charge is -2.36. The number of carboxylic acid groups (broad SMARTS) is 1. The molecule has 0 aromatic carbocycles. The summed E-state index contributed by atoms with van der Waals surface area (Å²) in [6.45, 7) is 2.67. The number of rotatable bonds is 5. The molecular formula is C12H17NO6S. The molecule has 0 saturated heterocycles. The van der Waals surface area contributed by atoms with Gasteiger partial charge in [0.25, 0.3) is 0 Å². The maximum Gasteiger partial charge on any atom is 0.340 e. The van der Waals surface area contributed by atoms with Gasteiger partial charge in [-0.3, -0.25) is 0 Å². The Morgan fingerprint density at radius 3 is 2.40 bits per heavy atom. The van der Waals surface area contributed by atoms with Gasteiger partial charge in [0, 0.05) is 6.54 Å². The van der Waals surface area contributed by atoms with E-state index < -0.39 is 21.6 Å². The highest BCUT2D eigenvalue weighted by atomic mass is 32.2. The van der Waals surface area contributed by atoms with Crippen molar-refractivity contribution in [3.05, 3.63) is 17.1 Å². The first-order valence-electron chi connectivity index (χ1n) is 6.22. The van der Waals surface area contributed by atoms with E-state index in [9.17, 15) is 18.3 Å². The quantitative estimate of drug-likeness (QED) is 0.740. The Kier molecular flexibility index (Phi) is 3.66. The van der Waals surface area contributed by atoms with Crippen LogP contribution in [-0.4, -0.2) is 36.7 Å². The second-order valence-electron chi connectivity index (χ2n) is 5.13. The van der Waals surface area contributed by atoms with E-state index in [4.69, 9.17) is 9.52 Å². The van der Waals surface area contributed by atoms with Crippen LogP contribution in [0.25, 0.3) is 0 Å². The molecule has 3 N–H and O–H groups in total. The molecule has 8 heteroatoms. The van der Waals surface area contributed by atoms with Gasteiger partial charge in [0.05, 0.1) is 5.60 Å². The first-order chi connectivity index (χ1) is 9.16. The van der Waals surface area contributed by atoms with Crippen LogP contribution in [0.15, 0.2) is 9.31 Å². The zero-order valence-corrected chi connectivity index (χ0v) is 12.1. The zero-order valence-electron chi connectivity index (χ0n) is 11.3. The number of aromatic carboxylic acids is 1. The molecule has 0 unspecified atom stereocenters. The molecule has 1 fully saturated rings. The second kappa shape index (κ2) is 4.87. The number of carbonyl (C=O) groups is 1. The number of sulfonamides is 1. The predicted octanol–water partition coefficient (Wildman–Crippen LogP) is 0.788. The van der Waals surface area contributed by atoms with Crippen molar-refractivity contribution in [2.24, 2.45) is 0 Å². The molecular weight excluding hydrogens is 286 g/mol. The lowest BCUT2D eigenvalue weighted by molar-refractivity contribution is -0.0271. The number of hydrogen-bond donors (Lipinski definition) is 3. The number of carboxylic acids is 1. The summed E-state index contributed by atoms with van der Waals surface area (Å²) in [7, 11) is -4.04. The van der Waals surface area contributed by atoms with Gasteiger partial charge in [0.1, 0.15) is 22.0 Å². The minimum absolute atomic E-state index is 0.0213. The fraction of sp³-hybridized carbons (Fsp3) is 0.583. The molecule has 20 heavy (non-hydrogen) atoms. The van der Waals surface area contributed by atoms with Gasteiger partial charge in [-0.1, -0.05) is 0 Å². The van der Waals surface area contributed by atoms with Gasteiger partial charge in [-0.2, -0.15) is 0 Å². The highest BCUT2D eigenvalue weighted by Crippen LogP contribution is 2.32. The van der Waals surface area contributed by atoms with Crippen LogP contribution in [0.3, 0.4) is 0 Å². The van der Waals surface area contributed by atoms with Crippen LogP contribution in [0.5, 0.6) is 0 Å². The summed E-state index contributed by atoms with van der Waals surface area (Å²) in [6.07, 6.45) is 1.91. The van der Waals surface area contributed by atoms with Crippen LogP contribution < -0.4 is 4.72 Å². The molecule has 1 aliphatic carbocycles. The van der Waals surface area contributed by atoms with Crippen molar-refractivity contribution in [1.29, 1.82) is 0 Å². The molecule has 1 aromatic heterocycles. The summed E-state index contributed by atoms with van der Waals surface area (Å²) in [5.41, 5.74) is -1.39. The van der Waals surface area contributed by atoms with Crippen LogP contribution in [0.4, 0.5) is 0 Å².